The Labute approximate surface area is 126 Å². The van der Waals surface area contributed by atoms with E-state index in [4.69, 9.17) is 0 Å². The number of rotatable bonds is 4. The summed E-state index contributed by atoms with van der Waals surface area (Å²) in [5, 5.41) is 4.83. The number of hydrogen-bond acceptors (Lipinski definition) is 5. The van der Waals surface area contributed by atoms with Crippen LogP contribution >= 0.6 is 11.8 Å². The Hall–Kier alpha value is -2.21. The van der Waals surface area contributed by atoms with Crippen molar-refractivity contribution in [2.45, 2.75) is 19.0 Å². The van der Waals surface area contributed by atoms with Gasteiger partial charge < -0.3 is 0 Å². The first-order valence-electron chi connectivity index (χ1n) is 6.54. The predicted molar refractivity (Wildman–Crippen MR) is 81.8 cm³/mol. The van der Waals surface area contributed by atoms with Crippen molar-refractivity contribution >= 4 is 23.3 Å². The van der Waals surface area contributed by atoms with E-state index in [1.165, 1.54) is 11.8 Å². The maximum absolute atomic E-state index is 12.3. The minimum absolute atomic E-state index is 0.0908. The largest absolute Gasteiger partial charge is 0.293 e. The summed E-state index contributed by atoms with van der Waals surface area (Å²) in [7, 11) is 0. The van der Waals surface area contributed by atoms with Gasteiger partial charge in [-0.2, -0.15) is 4.98 Å². The maximum atomic E-state index is 12.3. The molecular weight excluding hydrogens is 284 g/mol. The summed E-state index contributed by atoms with van der Waals surface area (Å²) in [6.07, 6.45) is 3.45. The van der Waals surface area contributed by atoms with Crippen molar-refractivity contribution in [3.63, 3.8) is 0 Å². The Balaban J connectivity index is 1.74. The SMILES string of the molecule is Cc1ccc(C)c(C(=O)CSc2nc3ncccn3n2)c1. The average Bonchev–Trinajstić information content (AvgIpc) is 2.90. The molecule has 21 heavy (non-hydrogen) atoms. The fourth-order valence-electron chi connectivity index (χ4n) is 2.02. The van der Waals surface area contributed by atoms with E-state index in [9.17, 15) is 4.79 Å². The molecular formula is C15H14N4OS. The van der Waals surface area contributed by atoms with Crippen molar-refractivity contribution in [3.05, 3.63) is 53.3 Å². The Bertz CT molecular complexity index is 779. The van der Waals surface area contributed by atoms with E-state index < -0.39 is 0 Å². The molecule has 5 nitrogen and oxygen atoms in total. The molecule has 0 saturated heterocycles. The zero-order chi connectivity index (χ0) is 14.8. The fraction of sp³-hybridized carbons (Fsp3) is 0.200. The highest BCUT2D eigenvalue weighted by Crippen LogP contribution is 2.18. The van der Waals surface area contributed by atoms with Crippen molar-refractivity contribution < 1.29 is 4.79 Å². The first-order chi connectivity index (χ1) is 10.1. The third-order valence-corrected chi connectivity index (χ3v) is 3.96. The molecule has 0 bridgehead atoms. The van der Waals surface area contributed by atoms with Gasteiger partial charge in [0.25, 0.3) is 5.78 Å². The number of Topliss-reactive ketones (excluding diaryl/α,β-unsaturated/α-hetero) is 1. The molecule has 1 aromatic carbocycles. The lowest BCUT2D eigenvalue weighted by Crippen LogP contribution is -2.05. The molecule has 106 valence electrons. The van der Waals surface area contributed by atoms with Crippen LogP contribution in [-0.4, -0.2) is 31.1 Å². The Kier molecular flexibility index (Phi) is 3.70. The van der Waals surface area contributed by atoms with E-state index in [0.717, 1.165) is 16.7 Å². The van der Waals surface area contributed by atoms with Crippen LogP contribution in [-0.2, 0) is 0 Å². The molecule has 0 N–H and O–H groups in total. The van der Waals surface area contributed by atoms with Gasteiger partial charge in [0.15, 0.2) is 5.78 Å². The standard InChI is InChI=1S/C15H14N4OS/c1-10-4-5-11(2)12(8-10)13(20)9-21-15-17-14-16-6-3-7-19(14)18-15/h3-8H,9H2,1-2H3. The Morgan fingerprint density at radius 1 is 1.33 bits per heavy atom. The summed E-state index contributed by atoms with van der Waals surface area (Å²) in [6.45, 7) is 3.93. The normalized spacial score (nSPS) is 11.0. The average molecular weight is 298 g/mol. The number of carbonyl (C=O) groups is 1. The quantitative estimate of drug-likeness (QED) is 0.547. The number of hydrogen-bond donors (Lipinski definition) is 0. The van der Waals surface area contributed by atoms with E-state index in [0.29, 0.717) is 16.7 Å². The molecule has 3 rings (SSSR count). The highest BCUT2D eigenvalue weighted by atomic mass is 32.2. The van der Waals surface area contributed by atoms with Crippen LogP contribution in [0.2, 0.25) is 0 Å². The van der Waals surface area contributed by atoms with Gasteiger partial charge in [0.2, 0.25) is 5.16 Å². The van der Waals surface area contributed by atoms with Gasteiger partial charge in [0.05, 0.1) is 5.75 Å². The van der Waals surface area contributed by atoms with Crippen LogP contribution in [0.5, 0.6) is 0 Å². The lowest BCUT2D eigenvalue weighted by Gasteiger charge is -2.05. The van der Waals surface area contributed by atoms with Gasteiger partial charge in [-0.3, -0.25) is 4.79 Å². The van der Waals surface area contributed by atoms with E-state index >= 15 is 0 Å². The van der Waals surface area contributed by atoms with Crippen molar-refractivity contribution in [2.75, 3.05) is 5.75 Å². The molecule has 0 saturated carbocycles. The van der Waals surface area contributed by atoms with E-state index in [2.05, 4.69) is 15.1 Å². The first-order valence-corrected chi connectivity index (χ1v) is 7.53. The second-order valence-corrected chi connectivity index (χ2v) is 5.73. The molecule has 0 spiro atoms. The molecule has 0 amide bonds. The second kappa shape index (κ2) is 5.65. The molecule has 6 heteroatoms. The predicted octanol–water partition coefficient (Wildman–Crippen LogP) is 2.72. The van der Waals surface area contributed by atoms with E-state index in [-0.39, 0.29) is 5.78 Å². The summed E-state index contributed by atoms with van der Waals surface area (Å²) in [6, 6.07) is 7.70. The van der Waals surface area contributed by atoms with Gasteiger partial charge in [-0.1, -0.05) is 29.5 Å². The second-order valence-electron chi connectivity index (χ2n) is 4.79. The van der Waals surface area contributed by atoms with Gasteiger partial charge in [-0.25, -0.2) is 9.50 Å². The topological polar surface area (TPSA) is 60.2 Å². The summed E-state index contributed by atoms with van der Waals surface area (Å²) >= 11 is 1.33. The van der Waals surface area contributed by atoms with Crippen molar-refractivity contribution in [1.82, 2.24) is 19.6 Å². The molecule has 0 aliphatic heterocycles. The number of aryl methyl sites for hydroxylation is 2. The van der Waals surface area contributed by atoms with Crippen LogP contribution in [0.1, 0.15) is 21.5 Å². The molecule has 0 unspecified atom stereocenters. The molecule has 2 aromatic heterocycles. The number of thioether (sulfide) groups is 1. The summed E-state index contributed by atoms with van der Waals surface area (Å²) in [5.74, 6) is 0.952. The first kappa shape index (κ1) is 13.8. The highest BCUT2D eigenvalue weighted by Gasteiger charge is 2.12. The van der Waals surface area contributed by atoms with Crippen molar-refractivity contribution in [1.29, 1.82) is 0 Å². The number of aromatic nitrogens is 4. The smallest absolute Gasteiger partial charge is 0.253 e. The molecule has 0 aliphatic carbocycles. The van der Waals surface area contributed by atoms with Crippen LogP contribution in [0.4, 0.5) is 0 Å². The van der Waals surface area contributed by atoms with Crippen molar-refractivity contribution in [3.8, 4) is 0 Å². The number of fused-ring (bicyclic) bond motifs is 1. The van der Waals surface area contributed by atoms with Gasteiger partial charge >= 0.3 is 0 Å². The van der Waals surface area contributed by atoms with E-state index in [1.54, 1.807) is 23.0 Å². The number of nitrogens with zero attached hydrogens (tertiary/aromatic N) is 4. The summed E-state index contributed by atoms with van der Waals surface area (Å²) in [5.41, 5.74) is 2.85. The lowest BCUT2D eigenvalue weighted by atomic mass is 10.0. The highest BCUT2D eigenvalue weighted by molar-refractivity contribution is 7.99. The third-order valence-electron chi connectivity index (χ3n) is 3.12. The number of ketones is 1. The molecule has 3 aromatic rings. The van der Waals surface area contributed by atoms with E-state index in [1.807, 2.05) is 32.0 Å². The molecule has 0 aliphatic rings. The summed E-state index contributed by atoms with van der Waals surface area (Å²) < 4.78 is 1.60. The van der Waals surface area contributed by atoms with Gasteiger partial charge in [0.1, 0.15) is 0 Å². The monoisotopic (exact) mass is 298 g/mol. The lowest BCUT2D eigenvalue weighted by molar-refractivity contribution is 0.102. The molecule has 0 fully saturated rings. The van der Waals surface area contributed by atoms with Crippen LogP contribution in [0.15, 0.2) is 41.8 Å². The zero-order valence-electron chi connectivity index (χ0n) is 11.8. The number of carbonyl (C=O) groups excluding carboxylic acids is 1. The minimum Gasteiger partial charge on any atom is -0.293 e. The number of benzene rings is 1. The molecule has 0 atom stereocenters. The Morgan fingerprint density at radius 2 is 2.19 bits per heavy atom. The van der Waals surface area contributed by atoms with Gasteiger partial charge in [-0.05, 0) is 31.5 Å². The van der Waals surface area contributed by atoms with Crippen LogP contribution in [0, 0.1) is 13.8 Å². The third kappa shape index (κ3) is 2.95. The maximum Gasteiger partial charge on any atom is 0.253 e. The molecule has 2 heterocycles. The zero-order valence-corrected chi connectivity index (χ0v) is 12.6. The van der Waals surface area contributed by atoms with Crippen LogP contribution < -0.4 is 0 Å². The Morgan fingerprint density at radius 3 is 3.00 bits per heavy atom. The fourth-order valence-corrected chi connectivity index (χ4v) is 2.73. The van der Waals surface area contributed by atoms with Gasteiger partial charge in [0, 0.05) is 18.0 Å². The minimum atomic E-state index is 0.0908. The van der Waals surface area contributed by atoms with Crippen LogP contribution in [0.25, 0.3) is 5.78 Å². The summed E-state index contributed by atoms with van der Waals surface area (Å²) in [4.78, 5) is 20.7. The van der Waals surface area contributed by atoms with Crippen molar-refractivity contribution in [2.24, 2.45) is 0 Å². The molecule has 0 radical (unpaired) electrons. The van der Waals surface area contributed by atoms with Gasteiger partial charge in [-0.15, -0.1) is 5.10 Å². The van der Waals surface area contributed by atoms with Crippen LogP contribution in [0.3, 0.4) is 0 Å².